The monoisotopic (exact) mass is 289 g/mol. The minimum absolute atomic E-state index is 0.152. The number of hydrogen-bond donors (Lipinski definition) is 1. The largest absolute Gasteiger partial charge is 0.480 e. The molecule has 0 aliphatic carbocycles. The Morgan fingerprint density at radius 2 is 2.31 bits per heavy atom. The minimum atomic E-state index is 0.152. The SMILES string of the molecule is COc1nc(N(C)C(C)CCO)ncc1Br. The molecule has 5 nitrogen and oxygen atoms in total. The second-order valence-corrected chi connectivity index (χ2v) is 4.35. The quantitative estimate of drug-likeness (QED) is 0.889. The van der Waals surface area contributed by atoms with Gasteiger partial charge < -0.3 is 14.7 Å². The highest BCUT2D eigenvalue weighted by molar-refractivity contribution is 9.10. The van der Waals surface area contributed by atoms with Gasteiger partial charge in [0.25, 0.3) is 0 Å². The Morgan fingerprint density at radius 1 is 1.62 bits per heavy atom. The van der Waals surface area contributed by atoms with Gasteiger partial charge in [-0.25, -0.2) is 4.98 Å². The Morgan fingerprint density at radius 3 is 2.88 bits per heavy atom. The van der Waals surface area contributed by atoms with Crippen molar-refractivity contribution in [2.24, 2.45) is 0 Å². The topological polar surface area (TPSA) is 58.5 Å². The highest BCUT2D eigenvalue weighted by atomic mass is 79.9. The summed E-state index contributed by atoms with van der Waals surface area (Å²) in [5.41, 5.74) is 0. The molecule has 16 heavy (non-hydrogen) atoms. The summed E-state index contributed by atoms with van der Waals surface area (Å²) in [6.45, 7) is 2.16. The summed E-state index contributed by atoms with van der Waals surface area (Å²) < 4.78 is 5.83. The second kappa shape index (κ2) is 6.00. The molecular weight excluding hydrogens is 274 g/mol. The molecule has 0 aromatic carbocycles. The molecule has 1 N–H and O–H groups in total. The Hall–Kier alpha value is -0.880. The van der Waals surface area contributed by atoms with Gasteiger partial charge in [0.15, 0.2) is 0 Å². The molecule has 6 heteroatoms. The van der Waals surface area contributed by atoms with Crippen molar-refractivity contribution < 1.29 is 9.84 Å². The van der Waals surface area contributed by atoms with Crippen molar-refractivity contribution in [2.75, 3.05) is 25.7 Å². The summed E-state index contributed by atoms with van der Waals surface area (Å²) >= 11 is 3.30. The van der Waals surface area contributed by atoms with E-state index in [2.05, 4.69) is 25.9 Å². The predicted molar refractivity (Wildman–Crippen MR) is 65.9 cm³/mol. The number of aromatic nitrogens is 2. The molecule has 1 aromatic heterocycles. The third-order valence-corrected chi connectivity index (χ3v) is 2.96. The van der Waals surface area contributed by atoms with E-state index in [1.807, 2.05) is 18.9 Å². The standard InChI is InChI=1S/C10H16BrN3O2/c1-7(4-5-15)14(2)10-12-6-8(11)9(13-10)16-3/h6-7,15H,4-5H2,1-3H3. The number of aliphatic hydroxyl groups is 1. The molecule has 1 aromatic rings. The van der Waals surface area contributed by atoms with Crippen LogP contribution in [0.15, 0.2) is 10.7 Å². The molecule has 0 saturated heterocycles. The van der Waals surface area contributed by atoms with Gasteiger partial charge in [0.05, 0.1) is 17.8 Å². The van der Waals surface area contributed by atoms with Gasteiger partial charge in [0.1, 0.15) is 0 Å². The molecule has 1 heterocycles. The van der Waals surface area contributed by atoms with Gasteiger partial charge in [0.2, 0.25) is 11.8 Å². The number of nitrogens with zero attached hydrogens (tertiary/aromatic N) is 3. The number of methoxy groups -OCH3 is 1. The van der Waals surface area contributed by atoms with Gasteiger partial charge in [-0.15, -0.1) is 0 Å². The first-order valence-corrected chi connectivity index (χ1v) is 5.79. The Kier molecular flexibility index (Phi) is 4.95. The summed E-state index contributed by atoms with van der Waals surface area (Å²) in [6.07, 6.45) is 2.33. The summed E-state index contributed by atoms with van der Waals surface area (Å²) in [5.74, 6) is 1.09. The molecular formula is C10H16BrN3O2. The fourth-order valence-corrected chi connectivity index (χ4v) is 1.59. The van der Waals surface area contributed by atoms with Gasteiger partial charge in [-0.3, -0.25) is 0 Å². The van der Waals surface area contributed by atoms with Crippen molar-refractivity contribution in [3.63, 3.8) is 0 Å². The molecule has 0 aliphatic rings. The molecule has 0 saturated carbocycles. The Bertz CT molecular complexity index is 349. The van der Waals surface area contributed by atoms with Crippen LogP contribution in [0.5, 0.6) is 5.88 Å². The van der Waals surface area contributed by atoms with Crippen molar-refractivity contribution in [2.45, 2.75) is 19.4 Å². The highest BCUT2D eigenvalue weighted by Gasteiger charge is 2.14. The molecule has 0 aliphatic heterocycles. The van der Waals surface area contributed by atoms with Crippen LogP contribution in [0.3, 0.4) is 0 Å². The van der Waals surface area contributed by atoms with Crippen LogP contribution >= 0.6 is 15.9 Å². The Labute approximate surface area is 104 Å². The first kappa shape index (κ1) is 13.2. The number of rotatable bonds is 5. The zero-order valence-electron chi connectivity index (χ0n) is 9.64. The average molecular weight is 290 g/mol. The van der Waals surface area contributed by atoms with Crippen molar-refractivity contribution in [1.29, 1.82) is 0 Å². The summed E-state index contributed by atoms with van der Waals surface area (Å²) in [6, 6.07) is 0.177. The minimum Gasteiger partial charge on any atom is -0.480 e. The van der Waals surface area contributed by atoms with Crippen molar-refractivity contribution >= 4 is 21.9 Å². The average Bonchev–Trinajstić information content (AvgIpc) is 2.29. The van der Waals surface area contributed by atoms with Crippen LogP contribution in [-0.4, -0.2) is 41.9 Å². The first-order valence-electron chi connectivity index (χ1n) is 5.00. The second-order valence-electron chi connectivity index (χ2n) is 3.50. The van der Waals surface area contributed by atoms with E-state index in [0.29, 0.717) is 18.2 Å². The van der Waals surface area contributed by atoms with E-state index in [1.54, 1.807) is 13.3 Å². The smallest absolute Gasteiger partial charge is 0.232 e. The zero-order valence-corrected chi connectivity index (χ0v) is 11.2. The maximum absolute atomic E-state index is 8.88. The normalized spacial score (nSPS) is 12.3. The lowest BCUT2D eigenvalue weighted by atomic mass is 10.2. The maximum atomic E-state index is 8.88. The van der Waals surface area contributed by atoms with Crippen LogP contribution in [0, 0.1) is 0 Å². The number of hydrogen-bond acceptors (Lipinski definition) is 5. The van der Waals surface area contributed by atoms with Crippen LogP contribution < -0.4 is 9.64 Å². The lowest BCUT2D eigenvalue weighted by Crippen LogP contribution is -2.31. The van der Waals surface area contributed by atoms with Crippen LogP contribution in [0.4, 0.5) is 5.95 Å². The van der Waals surface area contributed by atoms with E-state index in [0.717, 1.165) is 4.47 Å². The van der Waals surface area contributed by atoms with Crippen LogP contribution in [-0.2, 0) is 0 Å². The number of ether oxygens (including phenoxy) is 1. The van der Waals surface area contributed by atoms with E-state index in [1.165, 1.54) is 0 Å². The van der Waals surface area contributed by atoms with Crippen LogP contribution in [0.2, 0.25) is 0 Å². The fraction of sp³-hybridized carbons (Fsp3) is 0.600. The maximum Gasteiger partial charge on any atom is 0.232 e. The van der Waals surface area contributed by atoms with E-state index in [4.69, 9.17) is 9.84 Å². The molecule has 1 rings (SSSR count). The number of halogens is 1. The predicted octanol–water partition coefficient (Wildman–Crippen LogP) is 1.45. The van der Waals surface area contributed by atoms with Crippen molar-refractivity contribution in [1.82, 2.24) is 9.97 Å². The molecule has 1 atom stereocenters. The van der Waals surface area contributed by atoms with Gasteiger partial charge >= 0.3 is 0 Å². The van der Waals surface area contributed by atoms with E-state index in [9.17, 15) is 0 Å². The molecule has 0 spiro atoms. The van der Waals surface area contributed by atoms with Crippen molar-refractivity contribution in [3.05, 3.63) is 10.7 Å². The molecule has 0 amide bonds. The zero-order chi connectivity index (χ0) is 12.1. The van der Waals surface area contributed by atoms with Gasteiger partial charge in [-0.05, 0) is 29.3 Å². The molecule has 0 bridgehead atoms. The summed E-state index contributed by atoms with van der Waals surface area (Å²) in [4.78, 5) is 10.4. The molecule has 0 fully saturated rings. The molecule has 1 unspecified atom stereocenters. The van der Waals surface area contributed by atoms with Crippen LogP contribution in [0.25, 0.3) is 0 Å². The lowest BCUT2D eigenvalue weighted by molar-refractivity contribution is 0.277. The fourth-order valence-electron chi connectivity index (χ4n) is 1.23. The van der Waals surface area contributed by atoms with Crippen LogP contribution in [0.1, 0.15) is 13.3 Å². The molecule has 90 valence electrons. The molecule has 0 radical (unpaired) electrons. The van der Waals surface area contributed by atoms with E-state index in [-0.39, 0.29) is 12.6 Å². The third-order valence-electron chi connectivity index (χ3n) is 2.42. The van der Waals surface area contributed by atoms with Crippen molar-refractivity contribution in [3.8, 4) is 5.88 Å². The van der Waals surface area contributed by atoms with E-state index >= 15 is 0 Å². The van der Waals surface area contributed by atoms with Gasteiger partial charge in [0, 0.05) is 19.7 Å². The highest BCUT2D eigenvalue weighted by Crippen LogP contribution is 2.23. The van der Waals surface area contributed by atoms with Gasteiger partial charge in [-0.1, -0.05) is 0 Å². The first-order chi connectivity index (χ1) is 7.60. The Balaban J connectivity index is 2.87. The van der Waals surface area contributed by atoms with E-state index < -0.39 is 0 Å². The summed E-state index contributed by atoms with van der Waals surface area (Å²) in [7, 11) is 3.46. The number of aliphatic hydroxyl groups excluding tert-OH is 1. The lowest BCUT2D eigenvalue weighted by Gasteiger charge is -2.24. The third kappa shape index (κ3) is 3.05. The van der Waals surface area contributed by atoms with Gasteiger partial charge in [-0.2, -0.15) is 4.98 Å². The summed E-state index contributed by atoms with van der Waals surface area (Å²) in [5, 5.41) is 8.88. The number of anilines is 1.